The Morgan fingerprint density at radius 2 is 1.96 bits per heavy atom. The number of hydrogen-bond donors (Lipinski definition) is 1. The molecule has 0 aliphatic carbocycles. The zero-order valence-corrected chi connectivity index (χ0v) is 13.0. The number of carbonyl (C=O) groups is 1. The summed E-state index contributed by atoms with van der Waals surface area (Å²) in [5, 5.41) is 23.3. The van der Waals surface area contributed by atoms with E-state index in [1.807, 2.05) is 31.2 Å². The van der Waals surface area contributed by atoms with Crippen LogP contribution in [-0.2, 0) is 6.42 Å². The fourth-order valence-corrected chi connectivity index (χ4v) is 2.27. The van der Waals surface area contributed by atoms with E-state index in [0.29, 0.717) is 34.7 Å². The molecule has 118 valence electrons. The van der Waals surface area contributed by atoms with Crippen LogP contribution in [0.15, 0.2) is 48.5 Å². The van der Waals surface area contributed by atoms with Crippen molar-refractivity contribution in [3.8, 4) is 11.8 Å². The number of para-hydroxylation sites is 2. The van der Waals surface area contributed by atoms with Gasteiger partial charge in [-0.2, -0.15) is 9.94 Å². The second kappa shape index (κ2) is 6.71. The Hall–Kier alpha value is -3.53. The Balaban J connectivity index is 1.90. The summed E-state index contributed by atoms with van der Waals surface area (Å²) in [6.45, 7) is 1.96. The van der Waals surface area contributed by atoms with Gasteiger partial charge in [-0.15, -0.1) is 5.10 Å². The molecular weight excluding hydrogens is 304 g/mol. The van der Waals surface area contributed by atoms with Crippen molar-refractivity contribution in [1.82, 2.24) is 20.2 Å². The second-order valence-electron chi connectivity index (χ2n) is 5.02. The summed E-state index contributed by atoms with van der Waals surface area (Å²) in [7, 11) is 0. The van der Waals surface area contributed by atoms with Gasteiger partial charge in [0.05, 0.1) is 23.0 Å². The predicted molar refractivity (Wildman–Crippen MR) is 87.6 cm³/mol. The molecule has 0 radical (unpaired) electrons. The van der Waals surface area contributed by atoms with E-state index < -0.39 is 0 Å². The lowest BCUT2D eigenvalue weighted by Crippen LogP contribution is -2.14. The normalized spacial score (nSPS) is 10.2. The van der Waals surface area contributed by atoms with Gasteiger partial charge in [-0.3, -0.25) is 4.79 Å². The number of rotatable bonds is 4. The number of aryl methyl sites for hydroxylation is 1. The lowest BCUT2D eigenvalue weighted by molar-refractivity contribution is 0.102. The van der Waals surface area contributed by atoms with E-state index in [2.05, 4.69) is 20.8 Å². The third kappa shape index (κ3) is 2.98. The number of nitrogens with one attached hydrogen (secondary N) is 1. The molecule has 1 aromatic heterocycles. The van der Waals surface area contributed by atoms with Crippen LogP contribution in [0.2, 0.25) is 0 Å². The van der Waals surface area contributed by atoms with Gasteiger partial charge >= 0.3 is 0 Å². The third-order valence-corrected chi connectivity index (χ3v) is 3.51. The van der Waals surface area contributed by atoms with Crippen molar-refractivity contribution in [2.45, 2.75) is 13.3 Å². The molecule has 0 bridgehead atoms. The van der Waals surface area contributed by atoms with Gasteiger partial charge < -0.3 is 5.32 Å². The SMILES string of the molecule is CCc1nnnn1-c1ccccc1NC(=O)c1ccc(C#N)cc1. The van der Waals surface area contributed by atoms with Crippen LogP contribution in [0.3, 0.4) is 0 Å². The largest absolute Gasteiger partial charge is 0.320 e. The van der Waals surface area contributed by atoms with Crippen LogP contribution in [-0.4, -0.2) is 26.1 Å². The minimum absolute atomic E-state index is 0.266. The fraction of sp³-hybridized carbons (Fsp3) is 0.118. The minimum Gasteiger partial charge on any atom is -0.320 e. The van der Waals surface area contributed by atoms with Gasteiger partial charge in [0.1, 0.15) is 0 Å². The molecule has 7 nitrogen and oxygen atoms in total. The van der Waals surface area contributed by atoms with Crippen LogP contribution < -0.4 is 5.32 Å². The molecule has 3 rings (SSSR count). The molecule has 0 saturated carbocycles. The van der Waals surface area contributed by atoms with E-state index in [1.165, 1.54) is 0 Å². The van der Waals surface area contributed by atoms with Crippen LogP contribution in [0, 0.1) is 11.3 Å². The molecule has 0 fully saturated rings. The van der Waals surface area contributed by atoms with E-state index >= 15 is 0 Å². The highest BCUT2D eigenvalue weighted by molar-refractivity contribution is 6.05. The molecule has 0 saturated heterocycles. The van der Waals surface area contributed by atoms with Gasteiger partial charge in [0.25, 0.3) is 5.91 Å². The molecule has 2 aromatic carbocycles. The standard InChI is InChI=1S/C17H14N6O/c1-2-16-20-21-22-23(16)15-6-4-3-5-14(15)19-17(24)13-9-7-12(11-18)8-10-13/h3-10H,2H2,1H3,(H,19,24). The molecule has 1 heterocycles. The molecule has 1 N–H and O–H groups in total. The number of anilines is 1. The van der Waals surface area contributed by atoms with Crippen molar-refractivity contribution in [2.24, 2.45) is 0 Å². The maximum atomic E-state index is 12.4. The Kier molecular flexibility index (Phi) is 4.29. The number of nitriles is 1. The first-order chi connectivity index (χ1) is 11.7. The van der Waals surface area contributed by atoms with Gasteiger partial charge in [0.15, 0.2) is 5.82 Å². The monoisotopic (exact) mass is 318 g/mol. The second-order valence-corrected chi connectivity index (χ2v) is 5.02. The number of tetrazole rings is 1. The first kappa shape index (κ1) is 15.4. The smallest absolute Gasteiger partial charge is 0.255 e. The van der Waals surface area contributed by atoms with E-state index in [0.717, 1.165) is 0 Å². The lowest BCUT2D eigenvalue weighted by Gasteiger charge is -2.11. The predicted octanol–water partition coefficient (Wildman–Crippen LogP) is 2.35. The summed E-state index contributed by atoms with van der Waals surface area (Å²) >= 11 is 0. The van der Waals surface area contributed by atoms with E-state index in [4.69, 9.17) is 5.26 Å². The maximum Gasteiger partial charge on any atom is 0.255 e. The van der Waals surface area contributed by atoms with E-state index in [-0.39, 0.29) is 5.91 Å². The highest BCUT2D eigenvalue weighted by atomic mass is 16.1. The first-order valence-electron chi connectivity index (χ1n) is 7.41. The van der Waals surface area contributed by atoms with Crippen molar-refractivity contribution >= 4 is 11.6 Å². The lowest BCUT2D eigenvalue weighted by atomic mass is 10.1. The highest BCUT2D eigenvalue weighted by Gasteiger charge is 2.13. The van der Waals surface area contributed by atoms with Gasteiger partial charge in [-0.1, -0.05) is 19.1 Å². The Morgan fingerprint density at radius 3 is 2.67 bits per heavy atom. The Labute approximate surface area is 138 Å². The number of nitrogens with zero attached hydrogens (tertiary/aromatic N) is 5. The summed E-state index contributed by atoms with van der Waals surface area (Å²) in [5.74, 6) is 0.438. The zero-order chi connectivity index (χ0) is 16.9. The maximum absolute atomic E-state index is 12.4. The molecule has 24 heavy (non-hydrogen) atoms. The molecule has 3 aromatic rings. The number of hydrogen-bond acceptors (Lipinski definition) is 5. The van der Waals surface area contributed by atoms with Crippen LogP contribution in [0.1, 0.15) is 28.7 Å². The van der Waals surface area contributed by atoms with Crippen LogP contribution >= 0.6 is 0 Å². The summed E-state index contributed by atoms with van der Waals surface area (Å²) in [6, 6.07) is 15.8. The van der Waals surface area contributed by atoms with Gasteiger partial charge in [0, 0.05) is 12.0 Å². The van der Waals surface area contributed by atoms with Crippen LogP contribution in [0.5, 0.6) is 0 Å². The average molecular weight is 318 g/mol. The van der Waals surface area contributed by atoms with Crippen molar-refractivity contribution in [3.05, 3.63) is 65.5 Å². The molecule has 0 aliphatic heterocycles. The van der Waals surface area contributed by atoms with Crippen molar-refractivity contribution in [3.63, 3.8) is 0 Å². The third-order valence-electron chi connectivity index (χ3n) is 3.51. The first-order valence-corrected chi connectivity index (χ1v) is 7.41. The molecular formula is C17H14N6O. The quantitative estimate of drug-likeness (QED) is 0.796. The van der Waals surface area contributed by atoms with Gasteiger partial charge in [-0.05, 0) is 46.8 Å². The molecule has 0 atom stereocenters. The summed E-state index contributed by atoms with van der Waals surface area (Å²) in [5.41, 5.74) is 2.28. The highest BCUT2D eigenvalue weighted by Crippen LogP contribution is 2.21. The van der Waals surface area contributed by atoms with Crippen LogP contribution in [0.25, 0.3) is 5.69 Å². The number of benzene rings is 2. The van der Waals surface area contributed by atoms with Crippen molar-refractivity contribution < 1.29 is 4.79 Å². The number of amides is 1. The topological polar surface area (TPSA) is 96.5 Å². The van der Waals surface area contributed by atoms with E-state index in [1.54, 1.807) is 35.0 Å². The van der Waals surface area contributed by atoms with Crippen molar-refractivity contribution in [2.75, 3.05) is 5.32 Å². The van der Waals surface area contributed by atoms with Gasteiger partial charge in [-0.25, -0.2) is 0 Å². The summed E-state index contributed by atoms with van der Waals surface area (Å²) < 4.78 is 1.61. The molecule has 0 aliphatic rings. The van der Waals surface area contributed by atoms with Crippen molar-refractivity contribution in [1.29, 1.82) is 5.26 Å². The Morgan fingerprint density at radius 1 is 1.21 bits per heavy atom. The van der Waals surface area contributed by atoms with E-state index in [9.17, 15) is 4.79 Å². The summed E-state index contributed by atoms with van der Waals surface area (Å²) in [4.78, 5) is 12.4. The Bertz CT molecular complexity index is 907. The summed E-state index contributed by atoms with van der Waals surface area (Å²) in [6.07, 6.45) is 0.672. The van der Waals surface area contributed by atoms with Gasteiger partial charge in [0.2, 0.25) is 0 Å². The molecule has 0 spiro atoms. The molecule has 1 amide bonds. The fourth-order valence-electron chi connectivity index (χ4n) is 2.27. The minimum atomic E-state index is -0.266. The number of aromatic nitrogens is 4. The molecule has 0 unspecified atom stereocenters. The molecule has 7 heteroatoms. The number of carbonyl (C=O) groups excluding carboxylic acids is 1. The van der Waals surface area contributed by atoms with Crippen LogP contribution in [0.4, 0.5) is 5.69 Å². The zero-order valence-electron chi connectivity index (χ0n) is 13.0. The average Bonchev–Trinajstić information content (AvgIpc) is 3.10.